The third-order valence-electron chi connectivity index (χ3n) is 3.09. The molecule has 2 rings (SSSR count). The summed E-state index contributed by atoms with van der Waals surface area (Å²) in [6, 6.07) is 18.2. The minimum absolute atomic E-state index is 0. The second kappa shape index (κ2) is 9.42. The number of para-hydroxylation sites is 2. The summed E-state index contributed by atoms with van der Waals surface area (Å²) < 4.78 is 11.0. The molecular weight excluding hydrogens is 330 g/mol. The Morgan fingerprint density at radius 2 is 1.52 bits per heavy atom. The monoisotopic (exact) mass is 351 g/mol. The molecule has 114 valence electrons. The van der Waals surface area contributed by atoms with E-state index in [-0.39, 0.29) is 17.0 Å². The lowest BCUT2D eigenvalue weighted by Crippen LogP contribution is -2.23. The van der Waals surface area contributed by atoms with Gasteiger partial charge in [-0.25, -0.2) is 0 Å². The van der Waals surface area contributed by atoms with Crippen molar-refractivity contribution in [2.75, 3.05) is 27.3 Å². The zero-order valence-electron chi connectivity index (χ0n) is 12.5. The Hall–Kier alpha value is -1.52. The maximum absolute atomic E-state index is 5.77. The van der Waals surface area contributed by atoms with Gasteiger partial charge in [-0.1, -0.05) is 42.5 Å². The van der Waals surface area contributed by atoms with Crippen LogP contribution in [-0.4, -0.2) is 32.2 Å². The average molecular weight is 352 g/mol. The first-order valence-electron chi connectivity index (χ1n) is 6.78. The van der Waals surface area contributed by atoms with Gasteiger partial charge in [0.2, 0.25) is 0 Å². The van der Waals surface area contributed by atoms with Crippen molar-refractivity contribution in [3.63, 3.8) is 0 Å². The van der Waals surface area contributed by atoms with Gasteiger partial charge >= 0.3 is 0 Å². The molecule has 0 aliphatic heterocycles. The number of likely N-dealkylation sites (N-methyl/N-ethyl adjacent to an activating group) is 1. The van der Waals surface area contributed by atoms with Gasteiger partial charge in [0.1, 0.15) is 6.61 Å². The van der Waals surface area contributed by atoms with Gasteiger partial charge in [-0.15, -0.1) is 17.0 Å². The molecular formula is C17H22BrNO2. The fourth-order valence-electron chi connectivity index (χ4n) is 2.02. The van der Waals surface area contributed by atoms with E-state index in [0.717, 1.165) is 24.6 Å². The molecule has 0 heterocycles. The first-order valence-corrected chi connectivity index (χ1v) is 6.78. The van der Waals surface area contributed by atoms with E-state index in [1.165, 1.54) is 5.56 Å². The van der Waals surface area contributed by atoms with Crippen LogP contribution in [0.15, 0.2) is 54.6 Å². The minimum atomic E-state index is 0. The molecule has 0 aliphatic carbocycles. The molecule has 0 atom stereocenters. The van der Waals surface area contributed by atoms with Crippen molar-refractivity contribution < 1.29 is 9.47 Å². The Balaban J connectivity index is 0.00000220. The van der Waals surface area contributed by atoms with Crippen LogP contribution in [0.2, 0.25) is 0 Å². The van der Waals surface area contributed by atoms with Crippen LogP contribution in [0.25, 0.3) is 0 Å². The smallest absolute Gasteiger partial charge is 0.161 e. The molecule has 2 aromatic rings. The van der Waals surface area contributed by atoms with Gasteiger partial charge in [-0.05, 0) is 24.7 Å². The Morgan fingerprint density at radius 1 is 0.905 bits per heavy atom. The second-order valence-corrected chi connectivity index (χ2v) is 4.72. The van der Waals surface area contributed by atoms with Gasteiger partial charge in [0, 0.05) is 13.1 Å². The Kier molecular flexibility index (Phi) is 7.87. The average Bonchev–Trinajstić information content (AvgIpc) is 2.49. The van der Waals surface area contributed by atoms with Gasteiger partial charge in [0.05, 0.1) is 7.11 Å². The third-order valence-corrected chi connectivity index (χ3v) is 3.09. The van der Waals surface area contributed by atoms with Gasteiger partial charge in [-0.2, -0.15) is 0 Å². The molecule has 21 heavy (non-hydrogen) atoms. The van der Waals surface area contributed by atoms with Crippen molar-refractivity contribution in [3.05, 3.63) is 60.2 Å². The lowest BCUT2D eigenvalue weighted by Gasteiger charge is -2.17. The van der Waals surface area contributed by atoms with E-state index >= 15 is 0 Å². The van der Waals surface area contributed by atoms with E-state index in [2.05, 4.69) is 36.2 Å². The normalized spacial score (nSPS) is 10.0. The molecule has 2 aromatic carbocycles. The number of benzene rings is 2. The Labute approximate surface area is 137 Å². The Bertz CT molecular complexity index is 519. The van der Waals surface area contributed by atoms with Crippen molar-refractivity contribution in [2.24, 2.45) is 0 Å². The quantitative estimate of drug-likeness (QED) is 0.757. The summed E-state index contributed by atoms with van der Waals surface area (Å²) >= 11 is 0. The molecule has 0 saturated carbocycles. The van der Waals surface area contributed by atoms with Gasteiger partial charge < -0.3 is 9.47 Å². The number of methoxy groups -OCH3 is 1. The highest BCUT2D eigenvalue weighted by Gasteiger charge is 2.04. The fourth-order valence-corrected chi connectivity index (χ4v) is 2.02. The summed E-state index contributed by atoms with van der Waals surface area (Å²) in [6.45, 7) is 2.44. The highest BCUT2D eigenvalue weighted by molar-refractivity contribution is 8.93. The SMILES string of the molecule is Br.COc1ccccc1OCCN(C)Cc1ccccc1. The predicted octanol–water partition coefficient (Wildman–Crippen LogP) is 3.78. The van der Waals surface area contributed by atoms with Crippen LogP contribution in [0.3, 0.4) is 0 Å². The van der Waals surface area contributed by atoms with Gasteiger partial charge in [-0.3, -0.25) is 4.90 Å². The van der Waals surface area contributed by atoms with E-state index in [9.17, 15) is 0 Å². The molecule has 0 aromatic heterocycles. The lowest BCUT2D eigenvalue weighted by atomic mass is 10.2. The van der Waals surface area contributed by atoms with Crippen molar-refractivity contribution in [1.82, 2.24) is 4.90 Å². The Morgan fingerprint density at radius 3 is 2.19 bits per heavy atom. The molecule has 0 radical (unpaired) electrons. The number of rotatable bonds is 7. The van der Waals surface area contributed by atoms with E-state index in [1.807, 2.05) is 30.3 Å². The highest BCUT2D eigenvalue weighted by atomic mass is 79.9. The first-order chi connectivity index (χ1) is 9.79. The molecule has 0 fully saturated rings. The van der Waals surface area contributed by atoms with Gasteiger partial charge in [0.25, 0.3) is 0 Å². The molecule has 4 heteroatoms. The second-order valence-electron chi connectivity index (χ2n) is 4.72. The van der Waals surface area contributed by atoms with Crippen LogP contribution in [0.1, 0.15) is 5.56 Å². The van der Waals surface area contributed by atoms with Gasteiger partial charge in [0.15, 0.2) is 11.5 Å². The molecule has 0 N–H and O–H groups in total. The zero-order chi connectivity index (χ0) is 14.2. The summed E-state index contributed by atoms with van der Waals surface area (Å²) in [5.41, 5.74) is 1.31. The summed E-state index contributed by atoms with van der Waals surface area (Å²) in [4.78, 5) is 2.24. The molecule has 0 spiro atoms. The van der Waals surface area contributed by atoms with Crippen LogP contribution in [0.5, 0.6) is 11.5 Å². The molecule has 0 aliphatic rings. The fraction of sp³-hybridized carbons (Fsp3) is 0.294. The first kappa shape index (κ1) is 17.5. The van der Waals surface area contributed by atoms with Crippen LogP contribution in [0, 0.1) is 0 Å². The lowest BCUT2D eigenvalue weighted by molar-refractivity contribution is 0.226. The van der Waals surface area contributed by atoms with Crippen LogP contribution in [0.4, 0.5) is 0 Å². The van der Waals surface area contributed by atoms with E-state index in [0.29, 0.717) is 6.61 Å². The van der Waals surface area contributed by atoms with Crippen molar-refractivity contribution >= 4 is 17.0 Å². The van der Waals surface area contributed by atoms with E-state index in [4.69, 9.17) is 9.47 Å². The summed E-state index contributed by atoms with van der Waals surface area (Å²) in [5, 5.41) is 0. The zero-order valence-corrected chi connectivity index (χ0v) is 14.2. The van der Waals surface area contributed by atoms with Crippen LogP contribution in [-0.2, 0) is 6.54 Å². The molecule has 0 saturated heterocycles. The third kappa shape index (κ3) is 5.78. The number of nitrogens with zero attached hydrogens (tertiary/aromatic N) is 1. The highest BCUT2D eigenvalue weighted by Crippen LogP contribution is 2.25. The number of halogens is 1. The van der Waals surface area contributed by atoms with Crippen LogP contribution >= 0.6 is 17.0 Å². The van der Waals surface area contributed by atoms with Crippen LogP contribution < -0.4 is 9.47 Å². The number of ether oxygens (including phenoxy) is 2. The summed E-state index contributed by atoms with van der Waals surface area (Å²) in [5.74, 6) is 1.57. The van der Waals surface area contributed by atoms with Crippen molar-refractivity contribution in [1.29, 1.82) is 0 Å². The maximum Gasteiger partial charge on any atom is 0.161 e. The van der Waals surface area contributed by atoms with Crippen molar-refractivity contribution in [2.45, 2.75) is 6.54 Å². The minimum Gasteiger partial charge on any atom is -0.493 e. The maximum atomic E-state index is 5.77. The van der Waals surface area contributed by atoms with E-state index in [1.54, 1.807) is 7.11 Å². The van der Waals surface area contributed by atoms with Crippen molar-refractivity contribution in [3.8, 4) is 11.5 Å². The molecule has 0 amide bonds. The summed E-state index contributed by atoms with van der Waals surface area (Å²) in [7, 11) is 3.75. The standard InChI is InChI=1S/C17H21NO2.BrH/c1-18(14-15-8-4-3-5-9-15)12-13-20-17-11-7-6-10-16(17)19-2;/h3-11H,12-14H2,1-2H3;1H. The summed E-state index contributed by atoms with van der Waals surface area (Å²) in [6.07, 6.45) is 0. The largest absolute Gasteiger partial charge is 0.493 e. The number of hydrogen-bond acceptors (Lipinski definition) is 3. The van der Waals surface area contributed by atoms with E-state index < -0.39 is 0 Å². The topological polar surface area (TPSA) is 21.7 Å². The molecule has 3 nitrogen and oxygen atoms in total. The predicted molar refractivity (Wildman–Crippen MR) is 91.6 cm³/mol. The number of hydrogen-bond donors (Lipinski definition) is 0. The molecule has 0 unspecified atom stereocenters. The molecule has 0 bridgehead atoms.